The summed E-state index contributed by atoms with van der Waals surface area (Å²) < 4.78 is 0. The molecular weight excluding hydrogens is 312 g/mol. The number of hydrogen-bond acceptors (Lipinski definition) is 2. The fraction of sp³-hybridized carbons (Fsp3) is 0.333. The van der Waals surface area contributed by atoms with Crippen LogP contribution >= 0.6 is 0 Å². The number of para-hydroxylation sites is 1. The Labute approximate surface area is 147 Å². The summed E-state index contributed by atoms with van der Waals surface area (Å²) >= 11 is 0. The highest BCUT2D eigenvalue weighted by molar-refractivity contribution is 5.96. The Morgan fingerprint density at radius 3 is 2.72 bits per heavy atom. The first kappa shape index (κ1) is 15.9. The van der Waals surface area contributed by atoms with E-state index in [0.717, 1.165) is 24.1 Å². The van der Waals surface area contributed by atoms with E-state index in [2.05, 4.69) is 22.8 Å². The smallest absolute Gasteiger partial charge is 0.227 e. The van der Waals surface area contributed by atoms with Crippen molar-refractivity contribution >= 4 is 17.5 Å². The number of hydrogen-bond donors (Lipinski definition) is 2. The molecule has 2 aromatic carbocycles. The lowest BCUT2D eigenvalue weighted by Gasteiger charge is -2.24. The van der Waals surface area contributed by atoms with Gasteiger partial charge in [0, 0.05) is 18.0 Å². The van der Waals surface area contributed by atoms with E-state index in [4.69, 9.17) is 0 Å². The number of carbonyl (C=O) groups is 2. The van der Waals surface area contributed by atoms with Gasteiger partial charge in [0.15, 0.2) is 0 Å². The average Bonchev–Trinajstić information content (AvgIpc) is 3.03. The van der Waals surface area contributed by atoms with Crippen molar-refractivity contribution in [3.05, 3.63) is 65.2 Å². The predicted octanol–water partition coefficient (Wildman–Crippen LogP) is 3.38. The van der Waals surface area contributed by atoms with Crippen molar-refractivity contribution in [3.63, 3.8) is 0 Å². The minimum atomic E-state index is -0.128. The fourth-order valence-electron chi connectivity index (χ4n) is 3.93. The van der Waals surface area contributed by atoms with E-state index in [1.165, 1.54) is 11.1 Å². The first-order chi connectivity index (χ1) is 12.2. The lowest BCUT2D eigenvalue weighted by molar-refractivity contribution is -0.123. The van der Waals surface area contributed by atoms with E-state index in [0.29, 0.717) is 19.3 Å². The number of benzene rings is 2. The van der Waals surface area contributed by atoms with E-state index in [-0.39, 0.29) is 23.8 Å². The molecule has 0 aromatic heterocycles. The minimum Gasteiger partial charge on any atom is -0.349 e. The molecule has 2 unspecified atom stereocenters. The summed E-state index contributed by atoms with van der Waals surface area (Å²) in [5.41, 5.74) is 4.62. The molecule has 2 N–H and O–H groups in total. The topological polar surface area (TPSA) is 58.2 Å². The number of fused-ring (bicyclic) bond motifs is 2. The van der Waals surface area contributed by atoms with Crippen molar-refractivity contribution in [2.75, 3.05) is 5.32 Å². The molecule has 0 bridgehead atoms. The molecule has 1 heterocycles. The zero-order valence-corrected chi connectivity index (χ0v) is 14.1. The maximum absolute atomic E-state index is 12.4. The summed E-state index contributed by atoms with van der Waals surface area (Å²) in [6, 6.07) is 16.3. The number of anilines is 1. The monoisotopic (exact) mass is 334 g/mol. The Kier molecular flexibility index (Phi) is 4.26. The van der Waals surface area contributed by atoms with Crippen molar-refractivity contribution in [2.45, 2.75) is 38.1 Å². The summed E-state index contributed by atoms with van der Waals surface area (Å²) in [6.07, 6.45) is 3.66. The normalized spacial score (nSPS) is 21.2. The molecule has 128 valence electrons. The third-order valence-corrected chi connectivity index (χ3v) is 5.30. The minimum absolute atomic E-state index is 0.0257. The molecule has 2 atom stereocenters. The highest BCUT2D eigenvalue weighted by Crippen LogP contribution is 2.31. The van der Waals surface area contributed by atoms with Gasteiger partial charge in [-0.15, -0.1) is 0 Å². The molecule has 0 spiro atoms. The van der Waals surface area contributed by atoms with E-state index in [1.54, 1.807) is 0 Å². The maximum atomic E-state index is 12.4. The summed E-state index contributed by atoms with van der Waals surface area (Å²) in [7, 11) is 0. The number of nitrogens with one attached hydrogen (secondary N) is 2. The van der Waals surface area contributed by atoms with E-state index < -0.39 is 0 Å². The van der Waals surface area contributed by atoms with Crippen molar-refractivity contribution < 1.29 is 9.59 Å². The second-order valence-electron chi connectivity index (χ2n) is 6.94. The Morgan fingerprint density at radius 2 is 1.84 bits per heavy atom. The van der Waals surface area contributed by atoms with Gasteiger partial charge in [-0.3, -0.25) is 9.59 Å². The predicted molar refractivity (Wildman–Crippen MR) is 97.1 cm³/mol. The molecule has 4 nitrogen and oxygen atoms in total. The van der Waals surface area contributed by atoms with Gasteiger partial charge in [-0.25, -0.2) is 0 Å². The number of carbonyl (C=O) groups excluding carboxylic acids is 2. The van der Waals surface area contributed by atoms with Gasteiger partial charge >= 0.3 is 0 Å². The largest absolute Gasteiger partial charge is 0.349 e. The SMILES string of the molecule is O=C(CCC1Cc2ccccc2NC1=O)NC1CCc2ccccc21. The molecule has 25 heavy (non-hydrogen) atoms. The standard InChI is InChI=1S/C21H22N2O2/c24-20(22-19-11-9-14-5-1-3-7-17(14)19)12-10-16-13-15-6-2-4-8-18(15)23-21(16)25/h1-8,16,19H,9-13H2,(H,22,24)(H,23,25). The number of amides is 2. The molecule has 1 aliphatic heterocycles. The zero-order valence-electron chi connectivity index (χ0n) is 14.1. The molecule has 4 heteroatoms. The molecule has 2 amide bonds. The molecule has 0 saturated carbocycles. The van der Waals surface area contributed by atoms with Crippen LogP contribution in [-0.4, -0.2) is 11.8 Å². The third kappa shape index (κ3) is 3.29. The highest BCUT2D eigenvalue weighted by atomic mass is 16.2. The van der Waals surface area contributed by atoms with Crippen LogP contribution in [0.4, 0.5) is 5.69 Å². The summed E-state index contributed by atoms with van der Waals surface area (Å²) in [4.78, 5) is 24.6. The lowest BCUT2D eigenvalue weighted by Crippen LogP contribution is -2.32. The van der Waals surface area contributed by atoms with Crippen LogP contribution in [-0.2, 0) is 22.4 Å². The average molecular weight is 334 g/mol. The lowest BCUT2D eigenvalue weighted by atomic mass is 9.89. The van der Waals surface area contributed by atoms with E-state index in [9.17, 15) is 9.59 Å². The van der Waals surface area contributed by atoms with Crippen molar-refractivity contribution in [2.24, 2.45) is 5.92 Å². The summed E-state index contributed by atoms with van der Waals surface area (Å²) in [5, 5.41) is 6.09. The molecular formula is C21H22N2O2. The Balaban J connectivity index is 1.33. The van der Waals surface area contributed by atoms with Gasteiger partial charge < -0.3 is 10.6 Å². The van der Waals surface area contributed by atoms with Crippen molar-refractivity contribution in [3.8, 4) is 0 Å². The van der Waals surface area contributed by atoms with Crippen LogP contribution < -0.4 is 10.6 Å². The molecule has 0 radical (unpaired) electrons. The van der Waals surface area contributed by atoms with Crippen LogP contribution in [0.15, 0.2) is 48.5 Å². The van der Waals surface area contributed by atoms with Gasteiger partial charge in [-0.1, -0.05) is 42.5 Å². The van der Waals surface area contributed by atoms with Gasteiger partial charge in [-0.05, 0) is 48.4 Å². The molecule has 1 aliphatic carbocycles. The van der Waals surface area contributed by atoms with Crippen LogP contribution in [0.5, 0.6) is 0 Å². The Morgan fingerprint density at radius 1 is 1.08 bits per heavy atom. The van der Waals surface area contributed by atoms with Crippen LogP contribution in [0, 0.1) is 5.92 Å². The fourth-order valence-corrected chi connectivity index (χ4v) is 3.93. The third-order valence-electron chi connectivity index (χ3n) is 5.30. The number of aryl methyl sites for hydroxylation is 1. The molecule has 4 rings (SSSR count). The molecule has 0 saturated heterocycles. The van der Waals surface area contributed by atoms with Crippen molar-refractivity contribution in [1.82, 2.24) is 5.32 Å². The molecule has 2 aliphatic rings. The number of rotatable bonds is 4. The van der Waals surface area contributed by atoms with Crippen LogP contribution in [0.25, 0.3) is 0 Å². The second-order valence-corrected chi connectivity index (χ2v) is 6.94. The van der Waals surface area contributed by atoms with Crippen molar-refractivity contribution in [1.29, 1.82) is 0 Å². The summed E-state index contributed by atoms with van der Waals surface area (Å²) in [6.45, 7) is 0. The maximum Gasteiger partial charge on any atom is 0.227 e. The summed E-state index contributed by atoms with van der Waals surface area (Å²) in [5.74, 6) is -0.0670. The van der Waals surface area contributed by atoms with Gasteiger partial charge in [0.2, 0.25) is 11.8 Å². The molecule has 2 aromatic rings. The van der Waals surface area contributed by atoms with Crippen LogP contribution in [0.2, 0.25) is 0 Å². The Bertz CT molecular complexity index is 815. The van der Waals surface area contributed by atoms with Gasteiger partial charge in [0.1, 0.15) is 0 Å². The quantitative estimate of drug-likeness (QED) is 0.900. The first-order valence-electron chi connectivity index (χ1n) is 8.96. The van der Waals surface area contributed by atoms with E-state index in [1.807, 2.05) is 36.4 Å². The van der Waals surface area contributed by atoms with E-state index >= 15 is 0 Å². The first-order valence-corrected chi connectivity index (χ1v) is 8.96. The van der Waals surface area contributed by atoms with Crippen LogP contribution in [0.3, 0.4) is 0 Å². The zero-order chi connectivity index (χ0) is 17.2. The van der Waals surface area contributed by atoms with Gasteiger partial charge in [-0.2, -0.15) is 0 Å². The van der Waals surface area contributed by atoms with Gasteiger partial charge in [0.05, 0.1) is 6.04 Å². The Hall–Kier alpha value is -2.62. The van der Waals surface area contributed by atoms with Crippen LogP contribution in [0.1, 0.15) is 42.0 Å². The van der Waals surface area contributed by atoms with Gasteiger partial charge in [0.25, 0.3) is 0 Å². The second kappa shape index (κ2) is 6.71. The highest BCUT2D eigenvalue weighted by Gasteiger charge is 2.27. The molecule has 0 fully saturated rings.